The van der Waals surface area contributed by atoms with Gasteiger partial charge in [0.2, 0.25) is 5.91 Å². The summed E-state index contributed by atoms with van der Waals surface area (Å²) >= 11 is 0. The number of H-pyrrole nitrogens is 1. The molecule has 0 aliphatic heterocycles. The number of hydrogen-bond donors (Lipinski definition) is 3. The summed E-state index contributed by atoms with van der Waals surface area (Å²) in [6, 6.07) is 16.4. The lowest BCUT2D eigenvalue weighted by Crippen LogP contribution is -2.23. The Morgan fingerprint density at radius 3 is 2.58 bits per heavy atom. The fourth-order valence-corrected chi connectivity index (χ4v) is 3.06. The maximum atomic E-state index is 12.0. The SMILES string of the molecule is CC(C)c1ccc(NC(=O)CCNCCc2c[nH]c3ccccc23)cc1. The van der Waals surface area contributed by atoms with Crippen molar-refractivity contribution in [2.75, 3.05) is 18.4 Å². The van der Waals surface area contributed by atoms with E-state index in [0.717, 1.165) is 18.7 Å². The monoisotopic (exact) mass is 349 g/mol. The topological polar surface area (TPSA) is 56.9 Å². The predicted molar refractivity (Wildman–Crippen MR) is 109 cm³/mol. The minimum atomic E-state index is 0.0434. The molecule has 0 aliphatic rings. The van der Waals surface area contributed by atoms with Crippen LogP contribution >= 0.6 is 0 Å². The van der Waals surface area contributed by atoms with Gasteiger partial charge in [-0.25, -0.2) is 0 Å². The molecule has 26 heavy (non-hydrogen) atoms. The molecule has 0 atom stereocenters. The molecule has 0 bridgehead atoms. The summed E-state index contributed by atoms with van der Waals surface area (Å²) < 4.78 is 0. The number of carbonyl (C=O) groups is 1. The van der Waals surface area contributed by atoms with E-state index < -0.39 is 0 Å². The lowest BCUT2D eigenvalue weighted by molar-refractivity contribution is -0.116. The van der Waals surface area contributed by atoms with Crippen LogP contribution in [0.2, 0.25) is 0 Å². The molecular formula is C22H27N3O. The van der Waals surface area contributed by atoms with Crippen molar-refractivity contribution < 1.29 is 4.79 Å². The molecule has 0 saturated heterocycles. The largest absolute Gasteiger partial charge is 0.361 e. The van der Waals surface area contributed by atoms with Crippen LogP contribution < -0.4 is 10.6 Å². The number of aromatic nitrogens is 1. The van der Waals surface area contributed by atoms with E-state index in [0.29, 0.717) is 18.9 Å². The number of nitrogens with one attached hydrogen (secondary N) is 3. The Morgan fingerprint density at radius 2 is 1.81 bits per heavy atom. The van der Waals surface area contributed by atoms with E-state index >= 15 is 0 Å². The first kappa shape index (κ1) is 18.2. The molecule has 136 valence electrons. The molecular weight excluding hydrogens is 322 g/mol. The van der Waals surface area contributed by atoms with Gasteiger partial charge in [-0.05, 0) is 48.2 Å². The first-order valence-electron chi connectivity index (χ1n) is 9.29. The molecule has 3 rings (SSSR count). The van der Waals surface area contributed by atoms with Crippen LogP contribution in [0, 0.1) is 0 Å². The first-order chi connectivity index (χ1) is 12.6. The number of rotatable bonds is 8. The van der Waals surface area contributed by atoms with Crippen molar-refractivity contribution in [2.45, 2.75) is 32.6 Å². The van der Waals surface area contributed by atoms with Gasteiger partial charge >= 0.3 is 0 Å². The number of anilines is 1. The highest BCUT2D eigenvalue weighted by molar-refractivity contribution is 5.90. The van der Waals surface area contributed by atoms with E-state index in [2.05, 4.69) is 66.0 Å². The van der Waals surface area contributed by atoms with Gasteiger partial charge in [0.25, 0.3) is 0 Å². The van der Waals surface area contributed by atoms with E-state index in [9.17, 15) is 4.79 Å². The molecule has 2 aromatic carbocycles. The lowest BCUT2D eigenvalue weighted by atomic mass is 10.0. The van der Waals surface area contributed by atoms with Gasteiger partial charge < -0.3 is 15.6 Å². The van der Waals surface area contributed by atoms with Crippen LogP contribution in [0.25, 0.3) is 10.9 Å². The zero-order valence-corrected chi connectivity index (χ0v) is 15.5. The summed E-state index contributed by atoms with van der Waals surface area (Å²) in [5.41, 5.74) is 4.62. The first-order valence-corrected chi connectivity index (χ1v) is 9.29. The van der Waals surface area contributed by atoms with Crippen LogP contribution in [0.3, 0.4) is 0 Å². The Morgan fingerprint density at radius 1 is 1.04 bits per heavy atom. The number of benzene rings is 2. The number of carbonyl (C=O) groups excluding carboxylic acids is 1. The van der Waals surface area contributed by atoms with E-state index in [1.165, 1.54) is 22.0 Å². The van der Waals surface area contributed by atoms with Gasteiger partial charge in [-0.2, -0.15) is 0 Å². The molecule has 3 aromatic rings. The van der Waals surface area contributed by atoms with Crippen molar-refractivity contribution in [3.05, 3.63) is 65.9 Å². The van der Waals surface area contributed by atoms with Crippen molar-refractivity contribution in [3.63, 3.8) is 0 Å². The number of amides is 1. The van der Waals surface area contributed by atoms with Gasteiger partial charge in [0.1, 0.15) is 0 Å². The summed E-state index contributed by atoms with van der Waals surface area (Å²) in [5.74, 6) is 0.544. The molecule has 4 nitrogen and oxygen atoms in total. The maximum Gasteiger partial charge on any atom is 0.225 e. The highest BCUT2D eigenvalue weighted by Gasteiger charge is 2.05. The molecule has 3 N–H and O–H groups in total. The summed E-state index contributed by atoms with van der Waals surface area (Å²) in [5, 5.41) is 7.58. The minimum absolute atomic E-state index is 0.0434. The molecule has 0 saturated carbocycles. The van der Waals surface area contributed by atoms with Crippen LogP contribution in [0.15, 0.2) is 54.7 Å². The maximum absolute atomic E-state index is 12.0. The molecule has 1 heterocycles. The van der Waals surface area contributed by atoms with E-state index in [1.54, 1.807) is 0 Å². The third-order valence-corrected chi connectivity index (χ3v) is 4.64. The molecule has 0 unspecified atom stereocenters. The van der Waals surface area contributed by atoms with Gasteiger partial charge in [0, 0.05) is 35.8 Å². The third kappa shape index (κ3) is 4.73. The van der Waals surface area contributed by atoms with E-state index in [4.69, 9.17) is 0 Å². The minimum Gasteiger partial charge on any atom is -0.361 e. The fraction of sp³-hybridized carbons (Fsp3) is 0.318. The van der Waals surface area contributed by atoms with Crippen LogP contribution in [0.1, 0.15) is 37.3 Å². The van der Waals surface area contributed by atoms with Crippen LogP contribution in [-0.2, 0) is 11.2 Å². The van der Waals surface area contributed by atoms with Gasteiger partial charge in [-0.15, -0.1) is 0 Å². The van der Waals surface area contributed by atoms with Gasteiger partial charge in [0.05, 0.1) is 0 Å². The quantitative estimate of drug-likeness (QED) is 0.526. The number of hydrogen-bond acceptors (Lipinski definition) is 2. The fourth-order valence-electron chi connectivity index (χ4n) is 3.06. The average molecular weight is 349 g/mol. The molecule has 0 aliphatic carbocycles. The summed E-state index contributed by atoms with van der Waals surface area (Å²) in [7, 11) is 0. The van der Waals surface area contributed by atoms with Crippen molar-refractivity contribution in [1.29, 1.82) is 0 Å². The molecule has 0 radical (unpaired) electrons. The van der Waals surface area contributed by atoms with Gasteiger partial charge in [0.15, 0.2) is 0 Å². The normalized spacial score (nSPS) is 11.2. The Labute approximate surface area is 155 Å². The van der Waals surface area contributed by atoms with E-state index in [1.807, 2.05) is 18.2 Å². The highest BCUT2D eigenvalue weighted by Crippen LogP contribution is 2.18. The second-order valence-electron chi connectivity index (χ2n) is 6.93. The number of para-hydroxylation sites is 1. The Kier molecular flexibility index (Phi) is 6.08. The van der Waals surface area contributed by atoms with Crippen molar-refractivity contribution >= 4 is 22.5 Å². The summed E-state index contributed by atoms with van der Waals surface area (Å²) in [6.07, 6.45) is 3.49. The van der Waals surface area contributed by atoms with Gasteiger partial charge in [-0.3, -0.25) is 4.79 Å². The molecule has 0 fully saturated rings. The Balaban J connectivity index is 1.37. The summed E-state index contributed by atoms with van der Waals surface area (Å²) in [6.45, 7) is 5.86. The Hall–Kier alpha value is -2.59. The second-order valence-corrected chi connectivity index (χ2v) is 6.93. The van der Waals surface area contributed by atoms with Crippen molar-refractivity contribution in [3.8, 4) is 0 Å². The standard InChI is InChI=1S/C22H27N3O/c1-16(2)17-7-9-19(10-8-17)25-22(26)12-14-23-13-11-18-15-24-21-6-4-3-5-20(18)21/h3-10,15-16,23-24H,11-14H2,1-2H3,(H,25,26). The molecule has 0 spiro atoms. The molecule has 1 aromatic heterocycles. The zero-order chi connectivity index (χ0) is 18.4. The zero-order valence-electron chi connectivity index (χ0n) is 15.5. The highest BCUT2D eigenvalue weighted by atomic mass is 16.1. The second kappa shape index (κ2) is 8.68. The smallest absolute Gasteiger partial charge is 0.225 e. The van der Waals surface area contributed by atoms with Crippen molar-refractivity contribution in [2.24, 2.45) is 0 Å². The van der Waals surface area contributed by atoms with Gasteiger partial charge in [-0.1, -0.05) is 44.2 Å². The summed E-state index contributed by atoms with van der Waals surface area (Å²) in [4.78, 5) is 15.3. The van der Waals surface area contributed by atoms with Crippen LogP contribution in [0.4, 0.5) is 5.69 Å². The third-order valence-electron chi connectivity index (χ3n) is 4.64. The van der Waals surface area contributed by atoms with Crippen LogP contribution in [0.5, 0.6) is 0 Å². The number of fused-ring (bicyclic) bond motifs is 1. The number of aromatic amines is 1. The molecule has 1 amide bonds. The van der Waals surface area contributed by atoms with E-state index in [-0.39, 0.29) is 5.91 Å². The van der Waals surface area contributed by atoms with Crippen molar-refractivity contribution in [1.82, 2.24) is 10.3 Å². The predicted octanol–water partition coefficient (Wildman–Crippen LogP) is 4.45. The lowest BCUT2D eigenvalue weighted by Gasteiger charge is -2.09. The Bertz CT molecular complexity index is 849. The van der Waals surface area contributed by atoms with Crippen LogP contribution in [-0.4, -0.2) is 24.0 Å². The molecule has 4 heteroatoms. The average Bonchev–Trinajstić information content (AvgIpc) is 3.05.